The summed E-state index contributed by atoms with van der Waals surface area (Å²) in [5.74, 6) is 0.911. The van der Waals surface area contributed by atoms with E-state index in [1.165, 1.54) is 38.6 Å². The number of nitrogens with one attached hydrogen (secondary N) is 2. The summed E-state index contributed by atoms with van der Waals surface area (Å²) in [6.07, 6.45) is 6.46. The summed E-state index contributed by atoms with van der Waals surface area (Å²) in [4.78, 5) is 9.10. The van der Waals surface area contributed by atoms with Gasteiger partial charge >= 0.3 is 0 Å². The molecule has 0 aromatic carbocycles. The summed E-state index contributed by atoms with van der Waals surface area (Å²) in [6, 6.07) is 0. The minimum Gasteiger partial charge on any atom is -0.379 e. The fourth-order valence-electron chi connectivity index (χ4n) is 3.09. The maximum atomic E-state index is 5.45. The number of nitrogens with zero attached hydrogens (tertiary/aromatic N) is 3. The molecule has 0 atom stereocenters. The van der Waals surface area contributed by atoms with Crippen LogP contribution < -0.4 is 10.6 Å². The van der Waals surface area contributed by atoms with Crippen LogP contribution in [0.1, 0.15) is 46.0 Å². The first-order valence-electron chi connectivity index (χ1n) is 9.88. The van der Waals surface area contributed by atoms with Gasteiger partial charge in [-0.3, -0.25) is 9.89 Å². The maximum absolute atomic E-state index is 5.45. The van der Waals surface area contributed by atoms with Gasteiger partial charge in [-0.25, -0.2) is 0 Å². The standard InChI is InChI=1S/C19H41N5O.HI/c1-19(2,24-13-15-25-16-14-24)17-22-18(20-3)21-11-9-7-6-8-10-12-23(4)5;/h6-17H2,1-5H3,(H2,20,21,22);1H. The Morgan fingerprint density at radius 2 is 1.65 bits per heavy atom. The van der Waals surface area contributed by atoms with E-state index >= 15 is 0 Å². The van der Waals surface area contributed by atoms with Crippen LogP contribution in [0.3, 0.4) is 0 Å². The van der Waals surface area contributed by atoms with Gasteiger partial charge in [0.2, 0.25) is 0 Å². The lowest BCUT2D eigenvalue weighted by molar-refractivity contribution is -0.00833. The second-order valence-corrected chi connectivity index (χ2v) is 7.84. The average molecular weight is 483 g/mol. The Bertz CT molecular complexity index is 371. The highest BCUT2D eigenvalue weighted by atomic mass is 127. The molecule has 0 aliphatic carbocycles. The smallest absolute Gasteiger partial charge is 0.191 e. The van der Waals surface area contributed by atoms with E-state index in [1.807, 2.05) is 7.05 Å². The Hall–Kier alpha value is -0.120. The van der Waals surface area contributed by atoms with E-state index in [0.717, 1.165) is 45.4 Å². The van der Waals surface area contributed by atoms with Gasteiger partial charge in [0, 0.05) is 38.8 Å². The Kier molecular flexibility index (Phi) is 14.8. The molecule has 26 heavy (non-hydrogen) atoms. The van der Waals surface area contributed by atoms with Crippen LogP contribution in [0.25, 0.3) is 0 Å². The van der Waals surface area contributed by atoms with Crippen molar-refractivity contribution in [2.24, 2.45) is 4.99 Å². The quantitative estimate of drug-likeness (QED) is 0.205. The number of unbranched alkanes of at least 4 members (excludes halogenated alkanes) is 4. The van der Waals surface area contributed by atoms with Crippen molar-refractivity contribution in [3.8, 4) is 0 Å². The Balaban J connectivity index is 0.00000625. The van der Waals surface area contributed by atoms with Crippen molar-refractivity contribution >= 4 is 29.9 Å². The summed E-state index contributed by atoms with van der Waals surface area (Å²) in [5.41, 5.74) is 0.105. The zero-order valence-corrected chi connectivity index (χ0v) is 20.0. The third-order valence-electron chi connectivity index (χ3n) is 4.85. The molecule has 2 N–H and O–H groups in total. The molecule has 0 bridgehead atoms. The van der Waals surface area contributed by atoms with E-state index in [0.29, 0.717) is 0 Å². The third kappa shape index (κ3) is 11.6. The first-order chi connectivity index (χ1) is 12.0. The minimum absolute atomic E-state index is 0. The first kappa shape index (κ1) is 25.9. The second kappa shape index (κ2) is 14.9. The van der Waals surface area contributed by atoms with E-state index in [9.17, 15) is 0 Å². The number of rotatable bonds is 11. The molecule has 0 amide bonds. The fourth-order valence-corrected chi connectivity index (χ4v) is 3.09. The molecule has 1 saturated heterocycles. The SMILES string of the molecule is CN=C(NCCCCCCCN(C)C)NCC(C)(C)N1CCOCC1.I. The van der Waals surface area contributed by atoms with Crippen LogP contribution in [0.15, 0.2) is 4.99 Å². The summed E-state index contributed by atoms with van der Waals surface area (Å²) < 4.78 is 5.45. The van der Waals surface area contributed by atoms with Crippen molar-refractivity contribution in [1.82, 2.24) is 20.4 Å². The third-order valence-corrected chi connectivity index (χ3v) is 4.85. The Morgan fingerprint density at radius 1 is 1.04 bits per heavy atom. The molecule has 0 unspecified atom stereocenters. The number of guanidine groups is 1. The van der Waals surface area contributed by atoms with Gasteiger partial charge in [0.15, 0.2) is 5.96 Å². The topological polar surface area (TPSA) is 52.1 Å². The summed E-state index contributed by atoms with van der Waals surface area (Å²) in [5, 5.41) is 6.92. The predicted octanol–water partition coefficient (Wildman–Crippen LogP) is 2.39. The van der Waals surface area contributed by atoms with Crippen molar-refractivity contribution < 1.29 is 4.74 Å². The van der Waals surface area contributed by atoms with Gasteiger partial charge < -0.3 is 20.3 Å². The largest absolute Gasteiger partial charge is 0.379 e. The zero-order valence-electron chi connectivity index (χ0n) is 17.6. The molecule has 0 radical (unpaired) electrons. The highest BCUT2D eigenvalue weighted by Gasteiger charge is 2.28. The monoisotopic (exact) mass is 483 g/mol. The molecule has 1 heterocycles. The Labute approximate surface area is 178 Å². The predicted molar refractivity (Wildman–Crippen MR) is 123 cm³/mol. The first-order valence-corrected chi connectivity index (χ1v) is 9.88. The van der Waals surface area contributed by atoms with Crippen LogP contribution in [-0.4, -0.2) is 88.4 Å². The van der Waals surface area contributed by atoms with Crippen LogP contribution in [0.4, 0.5) is 0 Å². The molecule has 0 aromatic heterocycles. The van der Waals surface area contributed by atoms with E-state index in [4.69, 9.17) is 4.74 Å². The molecule has 7 heteroatoms. The molecule has 1 aliphatic heterocycles. The molecule has 1 rings (SSSR count). The van der Waals surface area contributed by atoms with Crippen molar-refractivity contribution in [1.29, 1.82) is 0 Å². The number of ether oxygens (including phenoxy) is 1. The molecule has 0 aromatic rings. The van der Waals surface area contributed by atoms with E-state index in [1.54, 1.807) is 0 Å². The number of hydrogen-bond donors (Lipinski definition) is 2. The molecular weight excluding hydrogens is 441 g/mol. The number of hydrogen-bond acceptors (Lipinski definition) is 4. The van der Waals surface area contributed by atoms with Gasteiger partial charge in [0.1, 0.15) is 0 Å². The van der Waals surface area contributed by atoms with Crippen LogP contribution in [0, 0.1) is 0 Å². The van der Waals surface area contributed by atoms with Crippen LogP contribution in [0.2, 0.25) is 0 Å². The highest BCUT2D eigenvalue weighted by molar-refractivity contribution is 14.0. The zero-order chi connectivity index (χ0) is 18.5. The normalized spacial score (nSPS) is 16.5. The van der Waals surface area contributed by atoms with E-state index < -0.39 is 0 Å². The van der Waals surface area contributed by atoms with Gasteiger partial charge in [0.05, 0.1) is 13.2 Å². The number of halogens is 1. The molecule has 1 aliphatic rings. The number of morpholine rings is 1. The molecule has 1 fully saturated rings. The van der Waals surface area contributed by atoms with Gasteiger partial charge in [-0.05, 0) is 47.3 Å². The van der Waals surface area contributed by atoms with Gasteiger partial charge in [0.25, 0.3) is 0 Å². The lowest BCUT2D eigenvalue weighted by Gasteiger charge is -2.41. The second-order valence-electron chi connectivity index (χ2n) is 7.84. The van der Waals surface area contributed by atoms with Crippen molar-refractivity contribution in [2.75, 3.05) is 67.1 Å². The maximum Gasteiger partial charge on any atom is 0.191 e. The Morgan fingerprint density at radius 3 is 2.27 bits per heavy atom. The van der Waals surface area contributed by atoms with Gasteiger partial charge in [-0.1, -0.05) is 19.3 Å². The average Bonchev–Trinajstić information content (AvgIpc) is 2.60. The van der Waals surface area contributed by atoms with E-state index in [-0.39, 0.29) is 29.5 Å². The fraction of sp³-hybridized carbons (Fsp3) is 0.947. The van der Waals surface area contributed by atoms with Crippen LogP contribution in [-0.2, 0) is 4.74 Å². The van der Waals surface area contributed by atoms with Crippen molar-refractivity contribution in [2.45, 2.75) is 51.5 Å². The minimum atomic E-state index is 0. The van der Waals surface area contributed by atoms with Gasteiger partial charge in [-0.2, -0.15) is 0 Å². The highest BCUT2D eigenvalue weighted by Crippen LogP contribution is 2.14. The molecule has 156 valence electrons. The summed E-state index contributed by atoms with van der Waals surface area (Å²) in [6.45, 7) is 11.3. The summed E-state index contributed by atoms with van der Waals surface area (Å²) in [7, 11) is 6.13. The lowest BCUT2D eigenvalue weighted by Crippen LogP contribution is -2.56. The van der Waals surface area contributed by atoms with Crippen molar-refractivity contribution in [3.05, 3.63) is 0 Å². The summed E-state index contributed by atoms with van der Waals surface area (Å²) >= 11 is 0. The van der Waals surface area contributed by atoms with Crippen molar-refractivity contribution in [3.63, 3.8) is 0 Å². The molecule has 0 spiro atoms. The number of aliphatic imine (C=N–C) groups is 1. The lowest BCUT2D eigenvalue weighted by atomic mass is 10.0. The van der Waals surface area contributed by atoms with Crippen LogP contribution in [0.5, 0.6) is 0 Å². The molecule has 0 saturated carbocycles. The molecule has 6 nitrogen and oxygen atoms in total. The van der Waals surface area contributed by atoms with Crippen LogP contribution >= 0.6 is 24.0 Å². The molecular formula is C19H42IN5O. The van der Waals surface area contributed by atoms with Gasteiger partial charge in [-0.15, -0.1) is 24.0 Å². The van der Waals surface area contributed by atoms with E-state index in [2.05, 4.69) is 53.4 Å².